The lowest BCUT2D eigenvalue weighted by Gasteiger charge is -2.18. The number of aliphatic hydroxyl groups excluding tert-OH is 1. The molecule has 0 aliphatic heterocycles. The van der Waals surface area contributed by atoms with Crippen molar-refractivity contribution in [3.63, 3.8) is 0 Å². The maximum atomic E-state index is 12.1. The lowest BCUT2D eigenvalue weighted by atomic mass is 9.88. The Balaban J connectivity index is 1.64. The first-order valence-corrected chi connectivity index (χ1v) is 10.9. The van der Waals surface area contributed by atoms with Gasteiger partial charge in [-0.2, -0.15) is 5.10 Å². The standard InChI is InChI=1S/C23H27N7O4/c1-13(2)26-21(32)14-6-7-15(24-9-14)12-33-22-19(23(3,4)5)18-10-25-27-20(30(18)28-22)17-8-16(11-31)34-29-17/h6-10,13,31H,11-12H2,1-5H3,(H,26,32). The van der Waals surface area contributed by atoms with E-state index >= 15 is 0 Å². The molecule has 4 aromatic heterocycles. The van der Waals surface area contributed by atoms with Crippen LogP contribution < -0.4 is 10.1 Å². The molecule has 4 aromatic rings. The predicted molar refractivity (Wildman–Crippen MR) is 122 cm³/mol. The van der Waals surface area contributed by atoms with E-state index in [1.54, 1.807) is 28.9 Å². The second-order valence-corrected chi connectivity index (χ2v) is 9.19. The summed E-state index contributed by atoms with van der Waals surface area (Å²) in [4.78, 5) is 16.5. The molecule has 0 radical (unpaired) electrons. The van der Waals surface area contributed by atoms with Crippen LogP contribution in [-0.4, -0.2) is 47.0 Å². The summed E-state index contributed by atoms with van der Waals surface area (Å²) in [6, 6.07) is 5.10. The van der Waals surface area contributed by atoms with E-state index in [4.69, 9.17) is 9.26 Å². The highest BCUT2D eigenvalue weighted by Crippen LogP contribution is 2.36. The van der Waals surface area contributed by atoms with Crippen molar-refractivity contribution in [2.75, 3.05) is 0 Å². The molecule has 2 N–H and O–H groups in total. The van der Waals surface area contributed by atoms with Gasteiger partial charge >= 0.3 is 0 Å². The largest absolute Gasteiger partial charge is 0.470 e. The molecule has 0 unspecified atom stereocenters. The fourth-order valence-corrected chi connectivity index (χ4v) is 3.46. The number of aromatic nitrogens is 6. The molecule has 0 saturated heterocycles. The Hall–Kier alpha value is -3.86. The van der Waals surface area contributed by atoms with E-state index in [-0.39, 0.29) is 30.6 Å². The van der Waals surface area contributed by atoms with Crippen LogP contribution in [0.2, 0.25) is 0 Å². The second kappa shape index (κ2) is 9.18. The summed E-state index contributed by atoms with van der Waals surface area (Å²) in [7, 11) is 0. The van der Waals surface area contributed by atoms with Crippen LogP contribution in [0.4, 0.5) is 0 Å². The minimum absolute atomic E-state index is 0.0442. The van der Waals surface area contributed by atoms with Gasteiger partial charge in [0, 0.05) is 23.9 Å². The van der Waals surface area contributed by atoms with Crippen LogP contribution in [-0.2, 0) is 18.6 Å². The topological polar surface area (TPSA) is 141 Å². The van der Waals surface area contributed by atoms with Crippen molar-refractivity contribution in [1.82, 2.24) is 35.3 Å². The number of ether oxygens (including phenoxy) is 1. The lowest BCUT2D eigenvalue weighted by molar-refractivity contribution is 0.0942. The number of rotatable bonds is 7. The van der Waals surface area contributed by atoms with Gasteiger partial charge in [0.05, 0.1) is 23.0 Å². The van der Waals surface area contributed by atoms with Gasteiger partial charge in [0.25, 0.3) is 5.91 Å². The zero-order valence-electron chi connectivity index (χ0n) is 19.7. The summed E-state index contributed by atoms with van der Waals surface area (Å²) in [6.45, 7) is 9.85. The van der Waals surface area contributed by atoms with E-state index in [0.717, 1.165) is 11.1 Å². The molecule has 4 rings (SSSR count). The van der Waals surface area contributed by atoms with Crippen molar-refractivity contribution in [2.24, 2.45) is 0 Å². The maximum Gasteiger partial charge on any atom is 0.253 e. The van der Waals surface area contributed by atoms with Gasteiger partial charge in [0.15, 0.2) is 11.5 Å². The number of pyridine rings is 1. The fraction of sp³-hybridized carbons (Fsp3) is 0.391. The number of fused-ring (bicyclic) bond motifs is 1. The summed E-state index contributed by atoms with van der Waals surface area (Å²) < 4.78 is 12.8. The molecule has 0 saturated carbocycles. The first-order chi connectivity index (χ1) is 16.2. The average Bonchev–Trinajstić information content (AvgIpc) is 3.41. The van der Waals surface area contributed by atoms with Crippen molar-refractivity contribution in [1.29, 1.82) is 0 Å². The van der Waals surface area contributed by atoms with Crippen LogP contribution in [0.15, 0.2) is 35.1 Å². The zero-order valence-corrected chi connectivity index (χ0v) is 19.7. The van der Waals surface area contributed by atoms with Crippen LogP contribution in [0.5, 0.6) is 5.88 Å². The van der Waals surface area contributed by atoms with Crippen molar-refractivity contribution in [2.45, 2.75) is 59.3 Å². The molecular formula is C23H27N7O4. The molecule has 0 atom stereocenters. The fourth-order valence-electron chi connectivity index (χ4n) is 3.46. The molecule has 4 heterocycles. The molecule has 0 aliphatic carbocycles. The molecule has 0 bridgehead atoms. The first kappa shape index (κ1) is 23.3. The highest BCUT2D eigenvalue weighted by molar-refractivity contribution is 5.94. The summed E-state index contributed by atoms with van der Waals surface area (Å²) in [5, 5.41) is 29.0. The van der Waals surface area contributed by atoms with Crippen molar-refractivity contribution < 1.29 is 19.2 Å². The number of aliphatic hydroxyl groups is 1. The van der Waals surface area contributed by atoms with Crippen LogP contribution in [0.3, 0.4) is 0 Å². The Labute approximate surface area is 196 Å². The van der Waals surface area contributed by atoms with Gasteiger partial charge in [-0.25, -0.2) is 4.52 Å². The smallest absolute Gasteiger partial charge is 0.253 e. The monoisotopic (exact) mass is 465 g/mol. The van der Waals surface area contributed by atoms with Crippen molar-refractivity contribution in [3.8, 4) is 17.4 Å². The van der Waals surface area contributed by atoms with Gasteiger partial charge in [-0.15, -0.1) is 10.2 Å². The third kappa shape index (κ3) is 4.74. The Bertz CT molecular complexity index is 1300. The van der Waals surface area contributed by atoms with Crippen LogP contribution in [0.25, 0.3) is 17.0 Å². The molecule has 0 aliphatic rings. The highest BCUT2D eigenvalue weighted by Gasteiger charge is 2.28. The van der Waals surface area contributed by atoms with Crippen LogP contribution in [0.1, 0.15) is 62.0 Å². The summed E-state index contributed by atoms with van der Waals surface area (Å²) in [6.07, 6.45) is 3.15. The van der Waals surface area contributed by atoms with E-state index in [1.165, 1.54) is 6.20 Å². The van der Waals surface area contributed by atoms with Gasteiger partial charge in [0.1, 0.15) is 13.2 Å². The van der Waals surface area contributed by atoms with Gasteiger partial charge in [-0.3, -0.25) is 9.78 Å². The minimum Gasteiger partial charge on any atom is -0.470 e. The highest BCUT2D eigenvalue weighted by atomic mass is 16.5. The van der Waals surface area contributed by atoms with E-state index in [1.807, 2.05) is 13.8 Å². The number of nitrogens with one attached hydrogen (secondary N) is 1. The second-order valence-electron chi connectivity index (χ2n) is 9.19. The Morgan fingerprint density at radius 1 is 1.26 bits per heavy atom. The number of nitrogens with zero attached hydrogens (tertiary/aromatic N) is 6. The quantitative estimate of drug-likeness (QED) is 0.421. The van der Waals surface area contributed by atoms with E-state index in [2.05, 4.69) is 51.5 Å². The Morgan fingerprint density at radius 3 is 2.68 bits per heavy atom. The number of amides is 1. The molecule has 178 valence electrons. The van der Waals surface area contributed by atoms with E-state index in [9.17, 15) is 9.90 Å². The SMILES string of the molecule is CC(C)NC(=O)c1ccc(COc2nn3c(-c4cc(CO)on4)nncc3c2C(C)(C)C)nc1. The molecule has 0 spiro atoms. The van der Waals surface area contributed by atoms with Gasteiger partial charge in [-0.05, 0) is 31.4 Å². The molecular weight excluding hydrogens is 438 g/mol. The molecule has 11 heteroatoms. The first-order valence-electron chi connectivity index (χ1n) is 10.9. The zero-order chi connectivity index (χ0) is 24.5. The van der Waals surface area contributed by atoms with Crippen LogP contribution in [0, 0.1) is 0 Å². The van der Waals surface area contributed by atoms with Gasteiger partial charge in [0.2, 0.25) is 11.7 Å². The normalized spacial score (nSPS) is 11.9. The van der Waals surface area contributed by atoms with Gasteiger partial charge < -0.3 is 19.7 Å². The van der Waals surface area contributed by atoms with E-state index < -0.39 is 0 Å². The molecule has 0 aromatic carbocycles. The Morgan fingerprint density at radius 2 is 2.06 bits per heavy atom. The number of hydrogen-bond donors (Lipinski definition) is 2. The van der Waals surface area contributed by atoms with Gasteiger partial charge in [-0.1, -0.05) is 25.9 Å². The summed E-state index contributed by atoms with van der Waals surface area (Å²) in [5.74, 6) is 0.915. The number of carbonyl (C=O) groups excluding carboxylic acids is 1. The minimum atomic E-state index is -0.316. The lowest BCUT2D eigenvalue weighted by Crippen LogP contribution is -2.30. The third-order valence-corrected chi connectivity index (χ3v) is 4.98. The number of hydrogen-bond acceptors (Lipinski definition) is 9. The average molecular weight is 466 g/mol. The van der Waals surface area contributed by atoms with E-state index in [0.29, 0.717) is 34.4 Å². The van der Waals surface area contributed by atoms with Crippen molar-refractivity contribution >= 4 is 11.4 Å². The summed E-state index contributed by atoms with van der Waals surface area (Å²) >= 11 is 0. The Kier molecular flexibility index (Phi) is 6.29. The molecule has 0 fully saturated rings. The van der Waals surface area contributed by atoms with Crippen molar-refractivity contribution in [3.05, 3.63) is 53.2 Å². The number of carbonyl (C=O) groups is 1. The predicted octanol–water partition coefficient (Wildman–Crippen LogP) is 2.68. The molecule has 11 nitrogen and oxygen atoms in total. The van der Waals surface area contributed by atoms with Crippen LogP contribution >= 0.6 is 0 Å². The third-order valence-electron chi connectivity index (χ3n) is 4.98. The maximum absolute atomic E-state index is 12.1. The molecule has 34 heavy (non-hydrogen) atoms. The molecule has 1 amide bonds. The summed E-state index contributed by atoms with van der Waals surface area (Å²) in [5.41, 5.74) is 2.78.